The van der Waals surface area contributed by atoms with Crippen LogP contribution in [0.15, 0.2) is 71.2 Å². The predicted molar refractivity (Wildman–Crippen MR) is 106 cm³/mol. The molecule has 0 saturated carbocycles. The van der Waals surface area contributed by atoms with E-state index in [0.29, 0.717) is 16.7 Å². The number of Topliss-reactive ketones (excluding diaryl/α,β-unsaturated/α-hetero) is 2. The number of hydrogen-bond acceptors (Lipinski definition) is 3. The molecule has 0 spiro atoms. The summed E-state index contributed by atoms with van der Waals surface area (Å²) in [5, 5.41) is 8.61. The Morgan fingerprint density at radius 3 is 1.35 bits per heavy atom. The van der Waals surface area contributed by atoms with Crippen LogP contribution in [-0.2, 0) is 4.79 Å². The van der Waals surface area contributed by atoms with Crippen molar-refractivity contribution in [3.05, 3.63) is 82.3 Å². The maximum atomic E-state index is 11.8. The highest BCUT2D eigenvalue weighted by atomic mass is 79.9. The Balaban J connectivity index is 0.000000294. The van der Waals surface area contributed by atoms with E-state index in [1.807, 2.05) is 32.9 Å². The normalized spacial score (nSPS) is 11.2. The van der Waals surface area contributed by atoms with Gasteiger partial charge in [-0.1, -0.05) is 97.4 Å². The average Bonchev–Trinajstić information content (AvgIpc) is 2.61. The first-order chi connectivity index (χ1) is 12.2. The van der Waals surface area contributed by atoms with Gasteiger partial charge in [-0.3, -0.25) is 9.59 Å². The zero-order valence-corrected chi connectivity index (χ0v) is 16.5. The van der Waals surface area contributed by atoms with Gasteiger partial charge in [0.1, 0.15) is 0 Å². The lowest BCUT2D eigenvalue weighted by molar-refractivity contribution is -0.133. The predicted octanol–water partition coefficient (Wildman–Crippen LogP) is 5.15. The van der Waals surface area contributed by atoms with Crippen molar-refractivity contribution in [1.82, 2.24) is 0 Å². The SMILES string of the molecule is CC(C)(C)C(=CBr)C(=O)O.O=C(C(=O)c1ccccc1)c1ccccc1. The lowest BCUT2D eigenvalue weighted by atomic mass is 9.88. The Morgan fingerprint density at radius 2 is 1.15 bits per heavy atom. The van der Waals surface area contributed by atoms with Crippen molar-refractivity contribution in [1.29, 1.82) is 0 Å². The Morgan fingerprint density at radius 1 is 0.808 bits per heavy atom. The Bertz CT molecular complexity index is 738. The Kier molecular flexibility index (Phi) is 8.13. The zero-order valence-electron chi connectivity index (χ0n) is 14.9. The first-order valence-electron chi connectivity index (χ1n) is 7.91. The molecule has 0 aliphatic carbocycles. The highest BCUT2D eigenvalue weighted by Gasteiger charge is 2.22. The van der Waals surface area contributed by atoms with Crippen LogP contribution in [0.2, 0.25) is 0 Å². The fourth-order valence-electron chi connectivity index (χ4n) is 1.97. The van der Waals surface area contributed by atoms with E-state index in [1.54, 1.807) is 48.5 Å². The molecular formula is C21H21BrO4. The average molecular weight is 417 g/mol. The number of benzene rings is 2. The lowest BCUT2D eigenvalue weighted by Crippen LogP contribution is -2.16. The molecule has 0 saturated heterocycles. The van der Waals surface area contributed by atoms with Gasteiger partial charge in [0.25, 0.3) is 0 Å². The minimum absolute atomic E-state index is 0.296. The number of hydrogen-bond donors (Lipinski definition) is 1. The number of carbonyl (C=O) groups is 3. The van der Waals surface area contributed by atoms with E-state index in [9.17, 15) is 14.4 Å². The molecule has 0 heterocycles. The minimum Gasteiger partial charge on any atom is -0.478 e. The van der Waals surface area contributed by atoms with Crippen molar-refractivity contribution in [2.45, 2.75) is 20.8 Å². The molecule has 2 rings (SSSR count). The first-order valence-corrected chi connectivity index (χ1v) is 8.83. The van der Waals surface area contributed by atoms with Crippen LogP contribution in [0.3, 0.4) is 0 Å². The second-order valence-corrected chi connectivity index (χ2v) is 6.93. The molecule has 2 aromatic rings. The van der Waals surface area contributed by atoms with Gasteiger partial charge in [0.2, 0.25) is 11.6 Å². The van der Waals surface area contributed by atoms with Crippen molar-refractivity contribution < 1.29 is 19.5 Å². The molecule has 0 fully saturated rings. The topological polar surface area (TPSA) is 71.4 Å². The van der Waals surface area contributed by atoms with Gasteiger partial charge in [0, 0.05) is 16.7 Å². The molecule has 0 aromatic heterocycles. The van der Waals surface area contributed by atoms with Gasteiger partial charge >= 0.3 is 5.97 Å². The standard InChI is InChI=1S/C14H10O2.C7H11BrO2/c15-13(11-7-3-1-4-8-11)14(16)12-9-5-2-6-10-12;1-7(2,3)5(4-8)6(9)10/h1-10H;4H,1-3H3,(H,9,10). The third-order valence-electron chi connectivity index (χ3n) is 3.43. The highest BCUT2D eigenvalue weighted by molar-refractivity contribution is 9.11. The molecule has 4 nitrogen and oxygen atoms in total. The number of halogens is 1. The number of carboxylic acid groups (broad SMARTS) is 1. The maximum Gasteiger partial charge on any atom is 0.332 e. The molecule has 0 aliphatic rings. The van der Waals surface area contributed by atoms with Crippen LogP contribution in [0.25, 0.3) is 0 Å². The van der Waals surface area contributed by atoms with E-state index in [0.717, 1.165) is 0 Å². The summed E-state index contributed by atoms with van der Waals surface area (Å²) in [5.41, 5.74) is 0.940. The third kappa shape index (κ3) is 6.41. The number of aliphatic carboxylic acids is 1. The van der Waals surface area contributed by atoms with E-state index < -0.39 is 17.5 Å². The fraction of sp³-hybridized carbons (Fsp3) is 0.190. The zero-order chi connectivity index (χ0) is 19.7. The largest absolute Gasteiger partial charge is 0.478 e. The molecule has 0 atom stereocenters. The summed E-state index contributed by atoms with van der Waals surface area (Å²) in [4.78, 5) is 35.5. The molecule has 1 N–H and O–H groups in total. The van der Waals surface area contributed by atoms with Gasteiger partial charge < -0.3 is 5.11 Å². The van der Waals surface area contributed by atoms with Crippen molar-refractivity contribution in [2.24, 2.45) is 5.41 Å². The van der Waals surface area contributed by atoms with E-state index in [4.69, 9.17) is 5.11 Å². The first kappa shape index (κ1) is 21.5. The summed E-state index contributed by atoms with van der Waals surface area (Å²) in [6.07, 6.45) is 0. The van der Waals surface area contributed by atoms with Crippen molar-refractivity contribution in [3.8, 4) is 0 Å². The van der Waals surface area contributed by atoms with Crippen LogP contribution in [0.5, 0.6) is 0 Å². The molecule has 0 aliphatic heterocycles. The Labute approximate surface area is 161 Å². The molecule has 26 heavy (non-hydrogen) atoms. The van der Waals surface area contributed by atoms with Gasteiger partial charge in [-0.25, -0.2) is 4.79 Å². The summed E-state index contributed by atoms with van der Waals surface area (Å²) >= 11 is 3.01. The molecule has 5 heteroatoms. The van der Waals surface area contributed by atoms with Crippen molar-refractivity contribution in [3.63, 3.8) is 0 Å². The Hall–Kier alpha value is -2.53. The minimum atomic E-state index is -0.871. The quantitative estimate of drug-likeness (QED) is 0.424. The van der Waals surface area contributed by atoms with Crippen LogP contribution in [-0.4, -0.2) is 22.6 Å². The van der Waals surface area contributed by atoms with Gasteiger partial charge in [-0.15, -0.1) is 0 Å². The molecule has 2 aromatic carbocycles. The van der Waals surface area contributed by atoms with Crippen molar-refractivity contribution >= 4 is 33.5 Å². The van der Waals surface area contributed by atoms with Crippen LogP contribution in [0, 0.1) is 5.41 Å². The van der Waals surface area contributed by atoms with E-state index >= 15 is 0 Å². The third-order valence-corrected chi connectivity index (χ3v) is 3.88. The number of ketones is 2. The van der Waals surface area contributed by atoms with E-state index in [-0.39, 0.29) is 5.41 Å². The van der Waals surface area contributed by atoms with E-state index in [1.165, 1.54) is 4.99 Å². The van der Waals surface area contributed by atoms with Crippen molar-refractivity contribution in [2.75, 3.05) is 0 Å². The summed E-state index contributed by atoms with van der Waals surface area (Å²) in [6, 6.07) is 17.2. The molecule has 0 bridgehead atoms. The monoisotopic (exact) mass is 416 g/mol. The number of rotatable bonds is 4. The summed E-state index contributed by atoms with van der Waals surface area (Å²) in [7, 11) is 0. The molecular weight excluding hydrogens is 396 g/mol. The number of carbonyl (C=O) groups excluding carboxylic acids is 2. The van der Waals surface area contributed by atoms with Crippen LogP contribution >= 0.6 is 15.9 Å². The van der Waals surface area contributed by atoms with Crippen LogP contribution < -0.4 is 0 Å². The smallest absolute Gasteiger partial charge is 0.332 e. The maximum absolute atomic E-state index is 11.8. The second-order valence-electron chi connectivity index (χ2n) is 6.47. The highest BCUT2D eigenvalue weighted by Crippen LogP contribution is 2.25. The molecule has 0 amide bonds. The summed E-state index contributed by atoms with van der Waals surface area (Å²) in [5.74, 6) is -1.80. The van der Waals surface area contributed by atoms with E-state index in [2.05, 4.69) is 15.9 Å². The summed E-state index contributed by atoms with van der Waals surface area (Å²) in [6.45, 7) is 5.57. The number of carboxylic acids is 1. The van der Waals surface area contributed by atoms with Gasteiger partial charge in [0.15, 0.2) is 0 Å². The molecule has 0 radical (unpaired) electrons. The van der Waals surface area contributed by atoms with Gasteiger partial charge in [-0.2, -0.15) is 0 Å². The van der Waals surface area contributed by atoms with Gasteiger partial charge in [0.05, 0.1) is 0 Å². The second kappa shape index (κ2) is 9.82. The molecule has 136 valence electrons. The molecule has 0 unspecified atom stereocenters. The van der Waals surface area contributed by atoms with Crippen LogP contribution in [0.4, 0.5) is 0 Å². The lowest BCUT2D eigenvalue weighted by Gasteiger charge is -2.17. The fourth-order valence-corrected chi connectivity index (χ4v) is 2.85. The summed E-state index contributed by atoms with van der Waals surface area (Å²) < 4.78 is 0. The van der Waals surface area contributed by atoms with Gasteiger partial charge in [-0.05, 0) is 10.4 Å². The van der Waals surface area contributed by atoms with Crippen LogP contribution in [0.1, 0.15) is 41.5 Å².